The Labute approximate surface area is 225 Å². The van der Waals surface area contributed by atoms with Gasteiger partial charge in [0.2, 0.25) is 0 Å². The second-order valence-corrected chi connectivity index (χ2v) is 11.5. The van der Waals surface area contributed by atoms with Crippen molar-refractivity contribution < 1.29 is 23.8 Å². The van der Waals surface area contributed by atoms with E-state index in [0.717, 1.165) is 62.1 Å². The molecule has 2 atom stereocenters. The van der Waals surface area contributed by atoms with Crippen LogP contribution in [-0.4, -0.2) is 60.4 Å². The van der Waals surface area contributed by atoms with E-state index < -0.39 is 17.8 Å². The first kappa shape index (κ1) is 28.3. The molecule has 38 heavy (non-hydrogen) atoms. The number of carboxylic acids is 1. The van der Waals surface area contributed by atoms with Gasteiger partial charge in [-0.05, 0) is 73.3 Å². The van der Waals surface area contributed by atoms with Gasteiger partial charge in [0.05, 0.1) is 13.2 Å². The fraction of sp³-hybridized carbons (Fsp3) is 0.600. The summed E-state index contributed by atoms with van der Waals surface area (Å²) in [6, 6.07) is 6.57. The van der Waals surface area contributed by atoms with Crippen LogP contribution in [0.2, 0.25) is 0 Å². The van der Waals surface area contributed by atoms with Crippen LogP contribution in [0.4, 0.5) is 10.2 Å². The number of methoxy groups -OCH3 is 1. The zero-order chi connectivity index (χ0) is 27.3. The highest BCUT2D eigenvalue weighted by Crippen LogP contribution is 2.38. The molecule has 0 spiro atoms. The molecule has 2 aliphatic heterocycles. The molecule has 1 aromatic carbocycles. The lowest BCUT2D eigenvalue weighted by atomic mass is 9.84. The monoisotopic (exact) mass is 527 g/mol. The standard InChI is InChI=1S/C30H42FN3O4/c1-30(2,3)21-17-24(27(37-4)25(31)18-21)26(29(35)36)34-15-13-23(19-34)38-16-7-5-6-10-22-12-11-20-9-8-14-32-28(20)33-22/h11-12,17-18,23,26H,5-10,13-16,19H2,1-4H3,(H,32,33)(H,35,36)/t23-,26-/m1/s1. The minimum atomic E-state index is -1.01. The van der Waals surface area contributed by atoms with E-state index in [1.165, 1.54) is 25.2 Å². The SMILES string of the molecule is COc1c(F)cc(C(C)(C)C)cc1[C@H](C(=O)O)N1CC[C@@H](OCCCCCc2ccc3c(n2)NCCC3)C1. The maximum Gasteiger partial charge on any atom is 0.325 e. The molecule has 0 bridgehead atoms. The maximum absolute atomic E-state index is 14.9. The van der Waals surface area contributed by atoms with Gasteiger partial charge in [0.1, 0.15) is 11.9 Å². The second-order valence-electron chi connectivity index (χ2n) is 11.5. The molecule has 2 aromatic rings. The van der Waals surface area contributed by atoms with Crippen molar-refractivity contribution in [3.8, 4) is 5.75 Å². The summed E-state index contributed by atoms with van der Waals surface area (Å²) in [4.78, 5) is 19.0. The molecule has 2 aliphatic rings. The fourth-order valence-electron chi connectivity index (χ4n) is 5.42. The van der Waals surface area contributed by atoms with Crippen LogP contribution in [0, 0.1) is 5.82 Å². The first-order chi connectivity index (χ1) is 18.2. The third-order valence-corrected chi connectivity index (χ3v) is 7.60. The number of nitrogens with one attached hydrogen (secondary N) is 1. The van der Waals surface area contributed by atoms with E-state index in [1.807, 2.05) is 25.7 Å². The number of benzene rings is 1. The van der Waals surface area contributed by atoms with E-state index in [4.69, 9.17) is 14.5 Å². The minimum Gasteiger partial charge on any atom is -0.493 e. The zero-order valence-corrected chi connectivity index (χ0v) is 23.2. The zero-order valence-electron chi connectivity index (χ0n) is 23.2. The van der Waals surface area contributed by atoms with Crippen molar-refractivity contribution in [1.29, 1.82) is 0 Å². The summed E-state index contributed by atoms with van der Waals surface area (Å²) < 4.78 is 26.3. The number of fused-ring (bicyclic) bond motifs is 1. The number of anilines is 1. The summed E-state index contributed by atoms with van der Waals surface area (Å²) in [7, 11) is 1.38. The number of halogens is 1. The molecule has 8 heteroatoms. The number of carboxylic acid groups (broad SMARTS) is 1. The number of hydrogen-bond acceptors (Lipinski definition) is 6. The number of aromatic nitrogens is 1. The quantitative estimate of drug-likeness (QED) is 0.373. The molecule has 3 heterocycles. The summed E-state index contributed by atoms with van der Waals surface area (Å²) in [6.45, 7) is 8.65. The van der Waals surface area contributed by atoms with Gasteiger partial charge in [-0.2, -0.15) is 0 Å². The van der Waals surface area contributed by atoms with Gasteiger partial charge >= 0.3 is 5.97 Å². The van der Waals surface area contributed by atoms with Gasteiger partial charge in [-0.15, -0.1) is 0 Å². The van der Waals surface area contributed by atoms with Crippen LogP contribution in [0.15, 0.2) is 24.3 Å². The number of unbranched alkanes of at least 4 members (excludes halogenated alkanes) is 2. The van der Waals surface area contributed by atoms with Gasteiger partial charge in [0.15, 0.2) is 11.6 Å². The maximum atomic E-state index is 14.9. The van der Waals surface area contributed by atoms with Crippen molar-refractivity contribution in [2.45, 2.75) is 83.3 Å². The largest absolute Gasteiger partial charge is 0.493 e. The molecule has 1 fully saturated rings. The van der Waals surface area contributed by atoms with Crippen molar-refractivity contribution in [2.75, 3.05) is 38.7 Å². The van der Waals surface area contributed by atoms with Crippen molar-refractivity contribution in [3.63, 3.8) is 0 Å². The van der Waals surface area contributed by atoms with Crippen LogP contribution in [0.3, 0.4) is 0 Å². The number of carbonyl (C=O) groups is 1. The minimum absolute atomic E-state index is 0.000957. The van der Waals surface area contributed by atoms with Crippen molar-refractivity contribution >= 4 is 11.8 Å². The number of aryl methyl sites for hydroxylation is 2. The summed E-state index contributed by atoms with van der Waals surface area (Å²) in [6.07, 6.45) is 7.01. The molecular formula is C30H42FN3O4. The van der Waals surface area contributed by atoms with Gasteiger partial charge in [-0.25, -0.2) is 9.37 Å². The average molecular weight is 528 g/mol. The Hall–Kier alpha value is -2.71. The average Bonchev–Trinajstić information content (AvgIpc) is 3.33. The van der Waals surface area contributed by atoms with Gasteiger partial charge < -0.3 is 19.9 Å². The molecule has 1 aromatic heterocycles. The van der Waals surface area contributed by atoms with Crippen LogP contribution in [-0.2, 0) is 27.8 Å². The molecular weight excluding hydrogens is 485 g/mol. The fourth-order valence-corrected chi connectivity index (χ4v) is 5.42. The Morgan fingerprint density at radius 3 is 2.82 bits per heavy atom. The van der Waals surface area contributed by atoms with Gasteiger partial charge in [0, 0.05) is 37.5 Å². The molecule has 208 valence electrons. The molecule has 0 unspecified atom stereocenters. The van der Waals surface area contributed by atoms with Crippen LogP contribution in [0.1, 0.15) is 81.3 Å². The van der Waals surface area contributed by atoms with E-state index in [-0.39, 0.29) is 17.3 Å². The smallest absolute Gasteiger partial charge is 0.325 e. The number of hydrogen-bond donors (Lipinski definition) is 2. The van der Waals surface area contributed by atoms with E-state index >= 15 is 0 Å². The predicted molar refractivity (Wildman–Crippen MR) is 147 cm³/mol. The highest BCUT2D eigenvalue weighted by Gasteiger charge is 2.37. The number of ether oxygens (including phenoxy) is 2. The highest BCUT2D eigenvalue weighted by molar-refractivity contribution is 5.77. The van der Waals surface area contributed by atoms with Crippen LogP contribution < -0.4 is 10.1 Å². The Kier molecular flexibility index (Phi) is 9.26. The van der Waals surface area contributed by atoms with E-state index in [9.17, 15) is 14.3 Å². The van der Waals surface area contributed by atoms with E-state index in [0.29, 0.717) is 25.3 Å². The number of likely N-dealkylation sites (tertiary alicyclic amines) is 1. The van der Waals surface area contributed by atoms with Crippen LogP contribution >= 0.6 is 0 Å². The van der Waals surface area contributed by atoms with Gasteiger partial charge in [0.25, 0.3) is 0 Å². The molecule has 0 saturated carbocycles. The Morgan fingerprint density at radius 2 is 2.08 bits per heavy atom. The first-order valence-corrected chi connectivity index (χ1v) is 13.9. The molecule has 2 N–H and O–H groups in total. The van der Waals surface area contributed by atoms with Crippen molar-refractivity contribution in [1.82, 2.24) is 9.88 Å². The first-order valence-electron chi connectivity index (χ1n) is 13.9. The summed E-state index contributed by atoms with van der Waals surface area (Å²) in [5, 5.41) is 13.5. The van der Waals surface area contributed by atoms with Gasteiger partial charge in [-0.3, -0.25) is 9.69 Å². The lowest BCUT2D eigenvalue weighted by molar-refractivity contribution is -0.143. The van der Waals surface area contributed by atoms with Crippen LogP contribution in [0.5, 0.6) is 5.75 Å². The number of aliphatic carboxylic acids is 1. The molecule has 1 saturated heterocycles. The molecule has 0 amide bonds. The molecule has 0 radical (unpaired) electrons. The molecule has 7 nitrogen and oxygen atoms in total. The van der Waals surface area contributed by atoms with Gasteiger partial charge in [-0.1, -0.05) is 33.3 Å². The van der Waals surface area contributed by atoms with Crippen molar-refractivity contribution in [2.24, 2.45) is 0 Å². The van der Waals surface area contributed by atoms with E-state index in [1.54, 1.807) is 6.07 Å². The summed E-state index contributed by atoms with van der Waals surface area (Å²) >= 11 is 0. The van der Waals surface area contributed by atoms with Crippen molar-refractivity contribution in [3.05, 3.63) is 52.5 Å². The van der Waals surface area contributed by atoms with Crippen LogP contribution in [0.25, 0.3) is 0 Å². The Bertz CT molecular complexity index is 1120. The lowest BCUT2D eigenvalue weighted by Crippen LogP contribution is -2.34. The predicted octanol–water partition coefficient (Wildman–Crippen LogP) is 5.51. The Morgan fingerprint density at radius 1 is 1.26 bits per heavy atom. The topological polar surface area (TPSA) is 83.9 Å². The number of nitrogens with zero attached hydrogens (tertiary/aromatic N) is 2. The Balaban J connectivity index is 1.27. The highest BCUT2D eigenvalue weighted by atomic mass is 19.1. The third kappa shape index (κ3) is 6.83. The molecule has 0 aliphatic carbocycles. The summed E-state index contributed by atoms with van der Waals surface area (Å²) in [5.41, 5.74) is 3.22. The lowest BCUT2D eigenvalue weighted by Gasteiger charge is -2.28. The number of rotatable bonds is 11. The number of pyridine rings is 1. The van der Waals surface area contributed by atoms with E-state index in [2.05, 4.69) is 17.4 Å². The second kappa shape index (κ2) is 12.4. The summed E-state index contributed by atoms with van der Waals surface area (Å²) in [5.74, 6) is -0.498. The molecule has 4 rings (SSSR count). The third-order valence-electron chi connectivity index (χ3n) is 7.60. The normalized spacial score (nSPS) is 18.6.